The zero-order valence-corrected chi connectivity index (χ0v) is 10.2. The number of hydrogen-bond donors (Lipinski definition) is 0. The van der Waals surface area contributed by atoms with E-state index >= 15 is 0 Å². The SMILES string of the molecule is COC(=O)Cn1cc(C=O)c2ccc(OC)cc21. The minimum absolute atomic E-state index is 0.0635. The fourth-order valence-electron chi connectivity index (χ4n) is 1.86. The summed E-state index contributed by atoms with van der Waals surface area (Å²) in [6.07, 6.45) is 2.40. The monoisotopic (exact) mass is 247 g/mol. The van der Waals surface area contributed by atoms with Crippen molar-refractivity contribution in [3.8, 4) is 5.75 Å². The van der Waals surface area contributed by atoms with Crippen molar-refractivity contribution in [1.29, 1.82) is 0 Å². The molecule has 2 aromatic rings. The Hall–Kier alpha value is -2.30. The fourth-order valence-corrected chi connectivity index (χ4v) is 1.86. The number of hydrogen-bond acceptors (Lipinski definition) is 4. The van der Waals surface area contributed by atoms with Crippen LogP contribution in [0.2, 0.25) is 0 Å². The highest BCUT2D eigenvalue weighted by molar-refractivity contribution is 5.98. The molecule has 0 amide bonds. The van der Waals surface area contributed by atoms with Gasteiger partial charge in [0.05, 0.1) is 19.7 Å². The summed E-state index contributed by atoms with van der Waals surface area (Å²) in [6.45, 7) is 0.0635. The normalized spacial score (nSPS) is 10.3. The second-order valence-corrected chi connectivity index (χ2v) is 3.79. The molecule has 0 bridgehead atoms. The van der Waals surface area contributed by atoms with Crippen molar-refractivity contribution in [2.45, 2.75) is 6.54 Å². The lowest BCUT2D eigenvalue weighted by Gasteiger charge is -2.05. The Labute approximate surface area is 104 Å². The second-order valence-electron chi connectivity index (χ2n) is 3.79. The molecular formula is C13H13NO4. The molecule has 0 aliphatic carbocycles. The molecule has 0 aliphatic heterocycles. The molecule has 0 fully saturated rings. The molecular weight excluding hydrogens is 234 g/mol. The number of rotatable bonds is 4. The molecule has 0 spiro atoms. The molecule has 1 heterocycles. The number of aromatic nitrogens is 1. The number of nitrogens with zero attached hydrogens (tertiary/aromatic N) is 1. The number of carbonyl (C=O) groups excluding carboxylic acids is 2. The zero-order chi connectivity index (χ0) is 13.1. The minimum atomic E-state index is -0.368. The molecule has 0 saturated heterocycles. The van der Waals surface area contributed by atoms with Crippen LogP contribution in [0.3, 0.4) is 0 Å². The summed E-state index contributed by atoms with van der Waals surface area (Å²) in [5.41, 5.74) is 1.30. The maximum atomic E-state index is 11.3. The van der Waals surface area contributed by atoms with Crippen LogP contribution in [0.1, 0.15) is 10.4 Å². The van der Waals surface area contributed by atoms with E-state index in [0.717, 1.165) is 17.2 Å². The third-order valence-corrected chi connectivity index (χ3v) is 2.77. The Kier molecular flexibility index (Phi) is 3.32. The van der Waals surface area contributed by atoms with E-state index in [0.29, 0.717) is 11.3 Å². The zero-order valence-electron chi connectivity index (χ0n) is 10.2. The smallest absolute Gasteiger partial charge is 0.325 e. The summed E-state index contributed by atoms with van der Waals surface area (Å²) in [5, 5.41) is 0.787. The maximum absolute atomic E-state index is 11.3. The predicted octanol–water partition coefficient (Wildman–Crippen LogP) is 1.64. The van der Waals surface area contributed by atoms with E-state index in [1.54, 1.807) is 36.1 Å². The van der Waals surface area contributed by atoms with Gasteiger partial charge < -0.3 is 14.0 Å². The standard InChI is InChI=1S/C13H13NO4/c1-17-10-3-4-11-9(8-15)6-14(12(11)5-10)7-13(16)18-2/h3-6,8H,7H2,1-2H3. The fraction of sp³-hybridized carbons (Fsp3) is 0.231. The van der Waals surface area contributed by atoms with Crippen LogP contribution < -0.4 is 4.74 Å². The van der Waals surface area contributed by atoms with Crippen molar-refractivity contribution in [3.05, 3.63) is 30.0 Å². The first-order valence-corrected chi connectivity index (χ1v) is 5.38. The number of benzene rings is 1. The number of aldehydes is 1. The molecule has 5 heteroatoms. The van der Waals surface area contributed by atoms with Crippen molar-refractivity contribution in [3.63, 3.8) is 0 Å². The Morgan fingerprint density at radius 1 is 1.39 bits per heavy atom. The van der Waals surface area contributed by atoms with Crippen LogP contribution >= 0.6 is 0 Å². The molecule has 0 aliphatic rings. The largest absolute Gasteiger partial charge is 0.497 e. The number of methoxy groups -OCH3 is 2. The van der Waals surface area contributed by atoms with Crippen LogP contribution in [0.25, 0.3) is 10.9 Å². The lowest BCUT2D eigenvalue weighted by atomic mass is 10.2. The van der Waals surface area contributed by atoms with E-state index in [2.05, 4.69) is 4.74 Å². The first-order valence-electron chi connectivity index (χ1n) is 5.38. The Morgan fingerprint density at radius 3 is 2.78 bits per heavy atom. The number of fused-ring (bicyclic) bond motifs is 1. The average molecular weight is 247 g/mol. The van der Waals surface area contributed by atoms with E-state index in [9.17, 15) is 9.59 Å². The molecule has 1 aromatic carbocycles. The van der Waals surface area contributed by atoms with Crippen LogP contribution in [-0.4, -0.2) is 31.0 Å². The van der Waals surface area contributed by atoms with Gasteiger partial charge in [0.25, 0.3) is 0 Å². The second kappa shape index (κ2) is 4.91. The Morgan fingerprint density at radius 2 is 2.17 bits per heavy atom. The average Bonchev–Trinajstić information content (AvgIpc) is 2.75. The van der Waals surface area contributed by atoms with E-state index in [4.69, 9.17) is 4.74 Å². The number of esters is 1. The maximum Gasteiger partial charge on any atom is 0.325 e. The molecule has 0 N–H and O–H groups in total. The minimum Gasteiger partial charge on any atom is -0.497 e. The van der Waals surface area contributed by atoms with Gasteiger partial charge in [0, 0.05) is 23.2 Å². The van der Waals surface area contributed by atoms with Gasteiger partial charge in [0.15, 0.2) is 6.29 Å². The van der Waals surface area contributed by atoms with Crippen molar-refractivity contribution in [1.82, 2.24) is 4.57 Å². The first-order chi connectivity index (χ1) is 8.69. The van der Waals surface area contributed by atoms with Crippen molar-refractivity contribution >= 4 is 23.2 Å². The van der Waals surface area contributed by atoms with Crippen molar-refractivity contribution < 1.29 is 19.1 Å². The lowest BCUT2D eigenvalue weighted by molar-refractivity contribution is -0.141. The third-order valence-electron chi connectivity index (χ3n) is 2.77. The Balaban J connectivity index is 2.57. The summed E-state index contributed by atoms with van der Waals surface area (Å²) in [6, 6.07) is 5.36. The quantitative estimate of drug-likeness (QED) is 0.608. The number of ether oxygens (including phenoxy) is 2. The highest BCUT2D eigenvalue weighted by Gasteiger charge is 2.11. The van der Waals surface area contributed by atoms with E-state index < -0.39 is 0 Å². The van der Waals surface area contributed by atoms with Gasteiger partial charge in [0.1, 0.15) is 12.3 Å². The van der Waals surface area contributed by atoms with Crippen LogP contribution in [-0.2, 0) is 16.1 Å². The summed E-state index contributed by atoms with van der Waals surface area (Å²) >= 11 is 0. The third kappa shape index (κ3) is 2.07. The highest BCUT2D eigenvalue weighted by Crippen LogP contribution is 2.25. The molecule has 94 valence electrons. The van der Waals surface area contributed by atoms with Gasteiger partial charge in [0.2, 0.25) is 0 Å². The lowest BCUT2D eigenvalue weighted by Crippen LogP contribution is -2.10. The summed E-state index contributed by atoms with van der Waals surface area (Å²) < 4.78 is 11.4. The van der Waals surface area contributed by atoms with Gasteiger partial charge in [-0.1, -0.05) is 0 Å². The number of carbonyl (C=O) groups is 2. The molecule has 0 unspecified atom stereocenters. The van der Waals surface area contributed by atoms with Crippen LogP contribution in [0.15, 0.2) is 24.4 Å². The van der Waals surface area contributed by atoms with Crippen molar-refractivity contribution in [2.75, 3.05) is 14.2 Å². The van der Waals surface area contributed by atoms with Crippen LogP contribution in [0, 0.1) is 0 Å². The molecule has 1 aromatic heterocycles. The van der Waals surface area contributed by atoms with Gasteiger partial charge in [-0.3, -0.25) is 9.59 Å². The van der Waals surface area contributed by atoms with E-state index in [1.807, 2.05) is 0 Å². The molecule has 0 atom stereocenters. The van der Waals surface area contributed by atoms with E-state index in [-0.39, 0.29) is 12.5 Å². The molecule has 5 nitrogen and oxygen atoms in total. The summed E-state index contributed by atoms with van der Waals surface area (Å²) in [5.74, 6) is 0.302. The van der Waals surface area contributed by atoms with Gasteiger partial charge in [-0.25, -0.2) is 0 Å². The van der Waals surface area contributed by atoms with E-state index in [1.165, 1.54) is 7.11 Å². The van der Waals surface area contributed by atoms with Gasteiger partial charge in [-0.15, -0.1) is 0 Å². The summed E-state index contributed by atoms with van der Waals surface area (Å²) in [4.78, 5) is 22.3. The topological polar surface area (TPSA) is 57.5 Å². The first kappa shape index (κ1) is 12.2. The Bertz CT molecular complexity index is 600. The molecule has 18 heavy (non-hydrogen) atoms. The summed E-state index contributed by atoms with van der Waals surface area (Å²) in [7, 11) is 2.89. The highest BCUT2D eigenvalue weighted by atomic mass is 16.5. The molecule has 0 radical (unpaired) electrons. The van der Waals surface area contributed by atoms with Crippen molar-refractivity contribution in [2.24, 2.45) is 0 Å². The van der Waals surface area contributed by atoms with Gasteiger partial charge >= 0.3 is 5.97 Å². The molecule has 0 saturated carbocycles. The van der Waals surface area contributed by atoms with Crippen LogP contribution in [0.4, 0.5) is 0 Å². The van der Waals surface area contributed by atoms with Crippen LogP contribution in [0.5, 0.6) is 5.75 Å². The molecule has 2 rings (SSSR count). The van der Waals surface area contributed by atoms with Gasteiger partial charge in [-0.2, -0.15) is 0 Å². The van der Waals surface area contributed by atoms with Gasteiger partial charge in [-0.05, 0) is 12.1 Å². The predicted molar refractivity (Wildman–Crippen MR) is 65.9 cm³/mol.